The highest BCUT2D eigenvalue weighted by molar-refractivity contribution is 5.92. The molecule has 0 aromatic carbocycles. The molecule has 0 aromatic heterocycles. The van der Waals surface area contributed by atoms with Crippen LogP contribution in [-0.4, -0.2) is 18.0 Å². The zero-order valence-corrected chi connectivity index (χ0v) is 4.50. The summed E-state index contributed by atoms with van der Waals surface area (Å²) >= 11 is 0. The molecule has 1 rings (SSSR count). The van der Waals surface area contributed by atoms with Gasteiger partial charge in [-0.05, 0) is 6.92 Å². The molecular formula is C5H5N3. The topological polar surface area (TPSA) is 37.1 Å². The van der Waals surface area contributed by atoms with E-state index in [2.05, 4.69) is 20.8 Å². The first-order chi connectivity index (χ1) is 3.89. The first-order valence-electron chi connectivity index (χ1n) is 2.23. The molecule has 0 aliphatic carbocycles. The fourth-order valence-electron chi connectivity index (χ4n) is 0.335. The monoisotopic (exact) mass is 107 g/mol. The van der Waals surface area contributed by atoms with Crippen molar-refractivity contribution >= 4 is 18.0 Å². The number of aliphatic imine (C=N–C) groups is 3. The highest BCUT2D eigenvalue weighted by Gasteiger charge is 1.79. The lowest BCUT2D eigenvalue weighted by Crippen LogP contribution is -1.81. The van der Waals surface area contributed by atoms with Gasteiger partial charge in [-0.15, -0.1) is 0 Å². The Kier molecular flexibility index (Phi) is 1.35. The standard InChI is InChI=1S/C5H5N3/c1-5-7-3-2-6-4-8-5/h2,4H,1H3. The highest BCUT2D eigenvalue weighted by Crippen LogP contribution is 1.79. The molecule has 0 saturated heterocycles. The van der Waals surface area contributed by atoms with Crippen molar-refractivity contribution < 1.29 is 0 Å². The van der Waals surface area contributed by atoms with Crippen LogP contribution in [0.2, 0.25) is 0 Å². The Morgan fingerprint density at radius 2 is 2.50 bits per heavy atom. The Morgan fingerprint density at radius 1 is 1.62 bits per heavy atom. The van der Waals surface area contributed by atoms with E-state index in [1.54, 1.807) is 6.92 Å². The Morgan fingerprint density at radius 3 is 3.38 bits per heavy atom. The van der Waals surface area contributed by atoms with Crippen molar-refractivity contribution in [3.8, 4) is 0 Å². The van der Waals surface area contributed by atoms with Crippen molar-refractivity contribution in [3.63, 3.8) is 0 Å². The molecule has 0 fully saturated rings. The summed E-state index contributed by atoms with van der Waals surface area (Å²) in [6, 6.07) is 0. The normalized spacial score (nSPS) is 15.9. The van der Waals surface area contributed by atoms with E-state index in [1.165, 1.54) is 12.5 Å². The Hall–Kier alpha value is -1.21. The van der Waals surface area contributed by atoms with E-state index in [-0.39, 0.29) is 0 Å². The van der Waals surface area contributed by atoms with Crippen LogP contribution >= 0.6 is 0 Å². The van der Waals surface area contributed by atoms with Crippen LogP contribution in [0.15, 0.2) is 21.2 Å². The van der Waals surface area contributed by atoms with Gasteiger partial charge < -0.3 is 0 Å². The van der Waals surface area contributed by atoms with Crippen molar-refractivity contribution in [2.75, 3.05) is 0 Å². The van der Waals surface area contributed by atoms with Crippen LogP contribution in [0.5, 0.6) is 0 Å². The molecule has 1 heterocycles. The molecule has 0 unspecified atom stereocenters. The van der Waals surface area contributed by atoms with Crippen LogP contribution in [0, 0.1) is 0 Å². The van der Waals surface area contributed by atoms with Gasteiger partial charge in [0.1, 0.15) is 12.2 Å². The molecule has 0 bridgehead atoms. The molecule has 0 saturated carbocycles. The van der Waals surface area contributed by atoms with Crippen molar-refractivity contribution in [1.29, 1.82) is 0 Å². The van der Waals surface area contributed by atoms with E-state index in [4.69, 9.17) is 0 Å². The Balaban J connectivity index is 2.94. The molecule has 8 heavy (non-hydrogen) atoms. The van der Waals surface area contributed by atoms with E-state index in [0.29, 0.717) is 5.84 Å². The summed E-state index contributed by atoms with van der Waals surface area (Å²) in [6.45, 7) is 1.79. The van der Waals surface area contributed by atoms with E-state index in [0.717, 1.165) is 0 Å². The molecular weight excluding hydrogens is 102 g/mol. The molecule has 0 spiro atoms. The van der Waals surface area contributed by atoms with Crippen LogP contribution in [0.3, 0.4) is 0 Å². The summed E-state index contributed by atoms with van der Waals surface area (Å²) in [4.78, 5) is 11.2. The number of hydrogen-bond donors (Lipinski definition) is 0. The summed E-state index contributed by atoms with van der Waals surface area (Å²) in [5, 5.41) is 0. The summed E-state index contributed by atoms with van der Waals surface area (Å²) in [5.41, 5.74) is 0. The van der Waals surface area contributed by atoms with Gasteiger partial charge in [0.05, 0.1) is 6.20 Å². The first kappa shape index (κ1) is 4.94. The number of amidine groups is 1. The van der Waals surface area contributed by atoms with Crippen LogP contribution in [0.4, 0.5) is 0 Å². The third-order valence-electron chi connectivity index (χ3n) is 0.670. The zero-order chi connectivity index (χ0) is 5.82. The molecule has 0 amide bonds. The lowest BCUT2D eigenvalue weighted by molar-refractivity contribution is 1.55. The van der Waals surface area contributed by atoms with E-state index in [1.807, 2.05) is 0 Å². The van der Waals surface area contributed by atoms with Crippen LogP contribution in [-0.2, 0) is 0 Å². The number of rotatable bonds is 0. The van der Waals surface area contributed by atoms with Crippen molar-refractivity contribution in [2.45, 2.75) is 6.92 Å². The van der Waals surface area contributed by atoms with Gasteiger partial charge in [-0.1, -0.05) is 0 Å². The molecule has 3 heteroatoms. The highest BCUT2D eigenvalue weighted by atomic mass is 14.9. The molecule has 1 aliphatic rings. The van der Waals surface area contributed by atoms with Gasteiger partial charge in [-0.3, -0.25) is 0 Å². The fraction of sp³-hybridized carbons (Fsp3) is 0.200. The largest absolute Gasteiger partial charge is 0.235 e. The van der Waals surface area contributed by atoms with E-state index in [9.17, 15) is 0 Å². The van der Waals surface area contributed by atoms with Crippen LogP contribution in [0.25, 0.3) is 0 Å². The fourth-order valence-corrected chi connectivity index (χ4v) is 0.335. The quantitative estimate of drug-likeness (QED) is 0.435. The molecule has 0 aromatic rings. The van der Waals surface area contributed by atoms with Crippen molar-refractivity contribution in [2.24, 2.45) is 15.0 Å². The minimum Gasteiger partial charge on any atom is -0.235 e. The summed E-state index contributed by atoms with van der Waals surface area (Å²) in [7, 11) is 0. The van der Waals surface area contributed by atoms with Crippen molar-refractivity contribution in [1.82, 2.24) is 0 Å². The Labute approximate surface area is 47.2 Å². The first-order valence-corrected chi connectivity index (χ1v) is 2.23. The lowest BCUT2D eigenvalue weighted by Gasteiger charge is -1.76. The minimum absolute atomic E-state index is 0.683. The van der Waals surface area contributed by atoms with Gasteiger partial charge in [0.15, 0.2) is 0 Å². The zero-order valence-electron chi connectivity index (χ0n) is 4.50. The van der Waals surface area contributed by atoms with Crippen LogP contribution < -0.4 is 0 Å². The lowest BCUT2D eigenvalue weighted by atomic mass is 10.7. The molecule has 0 radical (unpaired) electrons. The third-order valence-corrected chi connectivity index (χ3v) is 0.670. The number of nitrogens with zero attached hydrogens (tertiary/aromatic N) is 3. The van der Waals surface area contributed by atoms with E-state index >= 15 is 0 Å². The maximum absolute atomic E-state index is 3.79. The summed E-state index contributed by atoms with van der Waals surface area (Å²) in [5.74, 6) is 3.25. The van der Waals surface area contributed by atoms with Gasteiger partial charge in [-0.25, -0.2) is 9.98 Å². The van der Waals surface area contributed by atoms with E-state index < -0.39 is 0 Å². The average Bonchev–Trinajstić information content (AvgIpc) is 1.94. The summed E-state index contributed by atoms with van der Waals surface area (Å²) in [6.07, 6.45) is 2.92. The predicted octanol–water partition coefficient (Wildman–Crippen LogP) is 0.630. The van der Waals surface area contributed by atoms with Gasteiger partial charge in [0.2, 0.25) is 0 Å². The second-order valence-electron chi connectivity index (χ2n) is 1.31. The Bertz CT molecular complexity index is 194. The average molecular weight is 107 g/mol. The maximum atomic E-state index is 3.79. The van der Waals surface area contributed by atoms with Crippen LogP contribution in [0.1, 0.15) is 6.92 Å². The minimum atomic E-state index is 0.683. The van der Waals surface area contributed by atoms with Crippen molar-refractivity contribution in [3.05, 3.63) is 6.20 Å². The second-order valence-corrected chi connectivity index (χ2v) is 1.31. The van der Waals surface area contributed by atoms with Gasteiger partial charge in [0, 0.05) is 5.87 Å². The molecule has 3 nitrogen and oxygen atoms in total. The predicted molar refractivity (Wildman–Crippen MR) is 33.6 cm³/mol. The maximum Gasteiger partial charge on any atom is 0.137 e. The van der Waals surface area contributed by atoms with Gasteiger partial charge in [-0.2, -0.15) is 4.99 Å². The molecule has 0 atom stereocenters. The number of hydrogen-bond acceptors (Lipinski definition) is 3. The SMILES string of the molecule is CC1=NC=NC=C=N1. The molecule has 0 N–H and O–H groups in total. The molecule has 40 valence electrons. The molecule has 1 aliphatic heterocycles. The van der Waals surface area contributed by atoms with Gasteiger partial charge in [0.25, 0.3) is 0 Å². The second kappa shape index (κ2) is 2.19. The smallest absolute Gasteiger partial charge is 0.137 e. The third kappa shape index (κ3) is 1.13. The summed E-state index contributed by atoms with van der Waals surface area (Å²) < 4.78 is 0. The van der Waals surface area contributed by atoms with Gasteiger partial charge >= 0.3 is 0 Å².